The van der Waals surface area contributed by atoms with Crippen LogP contribution in [0.1, 0.15) is 26.2 Å². The predicted octanol–water partition coefficient (Wildman–Crippen LogP) is 1.97. The number of nitrogens with zero attached hydrogens (tertiary/aromatic N) is 2. The first kappa shape index (κ1) is 6.28. The first-order chi connectivity index (χ1) is 4.27. The summed E-state index contributed by atoms with van der Waals surface area (Å²) in [6.07, 6.45) is 7.97. The van der Waals surface area contributed by atoms with Crippen LogP contribution in [0.4, 0.5) is 0 Å². The van der Waals surface area contributed by atoms with Crippen LogP contribution in [0.5, 0.6) is 0 Å². The van der Waals surface area contributed by atoms with Gasteiger partial charge in [-0.05, 0) is 19.8 Å². The van der Waals surface area contributed by atoms with Crippen molar-refractivity contribution in [2.75, 3.05) is 0 Å². The fraction of sp³-hybridized carbons (Fsp3) is 0.714. The number of hydrogen-bond acceptors (Lipinski definition) is 2. The number of unbranched alkanes of at least 4 members (excludes halogenated alkanes) is 1. The van der Waals surface area contributed by atoms with Crippen molar-refractivity contribution in [3.05, 3.63) is 0 Å². The van der Waals surface area contributed by atoms with E-state index >= 15 is 0 Å². The Balaban J connectivity index is 2.01. The van der Waals surface area contributed by atoms with Crippen LogP contribution in [0.3, 0.4) is 0 Å². The van der Waals surface area contributed by atoms with Crippen molar-refractivity contribution in [1.29, 1.82) is 0 Å². The predicted molar refractivity (Wildman–Crippen MR) is 35.9 cm³/mol. The molecule has 1 aliphatic heterocycles. The van der Waals surface area contributed by atoms with Crippen molar-refractivity contribution >= 4 is 0 Å². The van der Waals surface area contributed by atoms with Crippen molar-refractivity contribution < 1.29 is 0 Å². The SMILES string of the molecule is C#CCCCC1(C)N=N1. The van der Waals surface area contributed by atoms with Crippen LogP contribution in [0, 0.1) is 12.3 Å². The van der Waals surface area contributed by atoms with Crippen molar-refractivity contribution in [3.63, 3.8) is 0 Å². The molecule has 1 heterocycles. The summed E-state index contributed by atoms with van der Waals surface area (Å²) >= 11 is 0. The van der Waals surface area contributed by atoms with Crippen LogP contribution in [-0.4, -0.2) is 5.66 Å². The van der Waals surface area contributed by atoms with Crippen molar-refractivity contribution in [1.82, 2.24) is 0 Å². The number of rotatable bonds is 3. The third-order valence-electron chi connectivity index (χ3n) is 1.41. The van der Waals surface area contributed by atoms with Crippen LogP contribution >= 0.6 is 0 Å². The van der Waals surface area contributed by atoms with Crippen LogP contribution in [-0.2, 0) is 0 Å². The number of hydrogen-bond donors (Lipinski definition) is 0. The Bertz CT molecular complexity index is 158. The highest BCUT2D eigenvalue weighted by molar-refractivity contribution is 4.90. The van der Waals surface area contributed by atoms with Gasteiger partial charge in [0.05, 0.1) is 0 Å². The van der Waals surface area contributed by atoms with Crippen LogP contribution < -0.4 is 0 Å². The van der Waals surface area contributed by atoms with E-state index in [1.54, 1.807) is 0 Å². The Morgan fingerprint density at radius 2 is 2.22 bits per heavy atom. The van der Waals surface area contributed by atoms with Crippen LogP contribution in [0.15, 0.2) is 10.2 Å². The van der Waals surface area contributed by atoms with E-state index in [9.17, 15) is 0 Å². The second-order valence-corrected chi connectivity index (χ2v) is 2.47. The van der Waals surface area contributed by atoms with E-state index in [1.165, 1.54) is 0 Å². The Labute approximate surface area is 55.4 Å². The molecule has 0 aromatic heterocycles. The molecule has 0 atom stereocenters. The average molecular weight is 122 g/mol. The van der Waals surface area contributed by atoms with Gasteiger partial charge in [-0.2, -0.15) is 10.2 Å². The Kier molecular flexibility index (Phi) is 1.52. The van der Waals surface area contributed by atoms with Gasteiger partial charge in [-0.3, -0.25) is 0 Å². The zero-order valence-corrected chi connectivity index (χ0v) is 5.59. The highest BCUT2D eigenvalue weighted by atomic mass is 15.4. The van der Waals surface area contributed by atoms with Crippen LogP contribution in [0.2, 0.25) is 0 Å². The van der Waals surface area contributed by atoms with E-state index in [4.69, 9.17) is 6.42 Å². The van der Waals surface area contributed by atoms with Crippen molar-refractivity contribution in [2.45, 2.75) is 31.8 Å². The van der Waals surface area contributed by atoms with Crippen LogP contribution in [0.25, 0.3) is 0 Å². The monoisotopic (exact) mass is 122 g/mol. The minimum atomic E-state index is -0.0448. The topological polar surface area (TPSA) is 24.7 Å². The van der Waals surface area contributed by atoms with Crippen molar-refractivity contribution in [2.24, 2.45) is 10.2 Å². The lowest BCUT2D eigenvalue weighted by Gasteiger charge is -1.98. The molecule has 0 aromatic carbocycles. The summed E-state index contributed by atoms with van der Waals surface area (Å²) in [5.41, 5.74) is -0.0448. The molecule has 1 rings (SSSR count). The molecule has 0 unspecified atom stereocenters. The van der Waals surface area contributed by atoms with Gasteiger partial charge in [0.25, 0.3) is 0 Å². The van der Waals surface area contributed by atoms with Gasteiger partial charge in [0, 0.05) is 6.42 Å². The Morgan fingerprint density at radius 3 is 2.67 bits per heavy atom. The molecule has 0 N–H and O–H groups in total. The molecule has 0 saturated carbocycles. The molecule has 0 radical (unpaired) electrons. The summed E-state index contributed by atoms with van der Waals surface area (Å²) in [7, 11) is 0. The molecule has 1 aliphatic rings. The smallest absolute Gasteiger partial charge is 0.159 e. The standard InChI is InChI=1S/C7H10N2/c1-3-4-5-6-7(2)8-9-7/h1H,4-6H2,2H3. The molecular weight excluding hydrogens is 112 g/mol. The zero-order valence-electron chi connectivity index (χ0n) is 5.59. The fourth-order valence-electron chi connectivity index (χ4n) is 0.711. The largest absolute Gasteiger partial charge is 0.188 e. The van der Waals surface area contributed by atoms with Gasteiger partial charge in [0.15, 0.2) is 5.66 Å². The lowest BCUT2D eigenvalue weighted by molar-refractivity contribution is 0.575. The molecule has 0 saturated heterocycles. The molecule has 48 valence electrons. The summed E-state index contributed by atoms with van der Waals surface area (Å²) in [6, 6.07) is 0. The normalized spacial score (nSPS) is 19.1. The maximum Gasteiger partial charge on any atom is 0.188 e. The van der Waals surface area contributed by atoms with E-state index in [0.29, 0.717) is 0 Å². The van der Waals surface area contributed by atoms with E-state index < -0.39 is 0 Å². The summed E-state index contributed by atoms with van der Waals surface area (Å²) in [6.45, 7) is 2.02. The summed E-state index contributed by atoms with van der Waals surface area (Å²) < 4.78 is 0. The molecule has 9 heavy (non-hydrogen) atoms. The summed E-state index contributed by atoms with van der Waals surface area (Å²) in [5.74, 6) is 2.58. The van der Waals surface area contributed by atoms with Gasteiger partial charge >= 0.3 is 0 Å². The Hall–Kier alpha value is -0.840. The summed E-state index contributed by atoms with van der Waals surface area (Å²) in [5, 5.41) is 7.73. The third-order valence-corrected chi connectivity index (χ3v) is 1.41. The second kappa shape index (κ2) is 2.18. The van der Waals surface area contributed by atoms with Gasteiger partial charge in [-0.15, -0.1) is 12.3 Å². The lowest BCUT2D eigenvalue weighted by Crippen LogP contribution is -2.02. The third kappa shape index (κ3) is 1.85. The molecular formula is C7H10N2. The number of terminal acetylenes is 1. The Morgan fingerprint density at radius 1 is 1.56 bits per heavy atom. The molecule has 0 spiro atoms. The van der Waals surface area contributed by atoms with E-state index in [-0.39, 0.29) is 5.66 Å². The van der Waals surface area contributed by atoms with E-state index in [2.05, 4.69) is 16.1 Å². The van der Waals surface area contributed by atoms with Gasteiger partial charge in [0.2, 0.25) is 0 Å². The van der Waals surface area contributed by atoms with Gasteiger partial charge in [-0.1, -0.05) is 0 Å². The molecule has 0 aliphatic carbocycles. The first-order valence-electron chi connectivity index (χ1n) is 3.14. The van der Waals surface area contributed by atoms with E-state index in [1.807, 2.05) is 6.92 Å². The molecule has 0 amide bonds. The maximum absolute atomic E-state index is 5.07. The minimum Gasteiger partial charge on any atom is -0.159 e. The summed E-state index contributed by atoms with van der Waals surface area (Å²) in [4.78, 5) is 0. The molecule has 2 nitrogen and oxygen atoms in total. The van der Waals surface area contributed by atoms with Gasteiger partial charge in [-0.25, -0.2) is 0 Å². The highest BCUT2D eigenvalue weighted by Gasteiger charge is 2.32. The maximum atomic E-state index is 5.07. The second-order valence-electron chi connectivity index (χ2n) is 2.47. The quantitative estimate of drug-likeness (QED) is 0.404. The van der Waals surface area contributed by atoms with E-state index in [0.717, 1.165) is 19.3 Å². The molecule has 2 heteroatoms. The van der Waals surface area contributed by atoms with Gasteiger partial charge < -0.3 is 0 Å². The van der Waals surface area contributed by atoms with Gasteiger partial charge in [0.1, 0.15) is 0 Å². The minimum absolute atomic E-state index is 0.0448. The molecule has 0 bridgehead atoms. The zero-order chi connectivity index (χ0) is 6.74. The molecule has 0 aromatic rings. The highest BCUT2D eigenvalue weighted by Crippen LogP contribution is 2.32. The fourth-order valence-corrected chi connectivity index (χ4v) is 0.711. The lowest BCUT2D eigenvalue weighted by atomic mass is 10.1. The molecule has 0 fully saturated rings. The average Bonchev–Trinajstić information content (AvgIpc) is 2.50. The van der Waals surface area contributed by atoms with Crippen molar-refractivity contribution in [3.8, 4) is 12.3 Å². The first-order valence-corrected chi connectivity index (χ1v) is 3.14.